The number of nitrogens with zero attached hydrogens (tertiary/aromatic N) is 5. The van der Waals surface area contributed by atoms with E-state index in [9.17, 15) is 23.6 Å². The number of benzene rings is 1. The molecule has 0 bridgehead atoms. The Morgan fingerprint density at radius 1 is 1.13 bits per heavy atom. The first-order valence-electron chi connectivity index (χ1n) is 10.1. The second-order valence-corrected chi connectivity index (χ2v) is 8.83. The van der Waals surface area contributed by atoms with E-state index in [0.717, 1.165) is 11.0 Å². The van der Waals surface area contributed by atoms with Crippen molar-refractivity contribution in [2.24, 2.45) is 17.3 Å². The van der Waals surface area contributed by atoms with Crippen molar-refractivity contribution in [2.75, 3.05) is 13.1 Å². The molecule has 1 N–H and O–H groups in total. The summed E-state index contributed by atoms with van der Waals surface area (Å²) >= 11 is 0. The quantitative estimate of drug-likeness (QED) is 0.588. The van der Waals surface area contributed by atoms with Crippen LogP contribution in [0.25, 0.3) is 0 Å². The van der Waals surface area contributed by atoms with Crippen molar-refractivity contribution in [3.63, 3.8) is 0 Å². The number of hydrogen-bond acceptors (Lipinski definition) is 7. The maximum atomic E-state index is 12.6. The molecule has 0 saturated carbocycles. The van der Waals surface area contributed by atoms with Crippen LogP contribution in [0.4, 0.5) is 11.4 Å². The number of aromatic nitrogens is 1. The number of hydrogen-bond donors (Lipinski definition) is 1. The van der Waals surface area contributed by atoms with Crippen molar-refractivity contribution in [3.05, 3.63) is 45.7 Å². The first-order valence-corrected chi connectivity index (χ1v) is 11.5. The Labute approximate surface area is 182 Å². The molecule has 2 rings (SSSR count). The van der Waals surface area contributed by atoms with Gasteiger partial charge in [0.15, 0.2) is 5.69 Å². The third-order valence-corrected chi connectivity index (χ3v) is 7.04. The van der Waals surface area contributed by atoms with Gasteiger partial charge in [0, 0.05) is 25.7 Å². The molecule has 0 aliphatic heterocycles. The summed E-state index contributed by atoms with van der Waals surface area (Å²) in [6, 6.07) is 7.82. The van der Waals surface area contributed by atoms with Gasteiger partial charge in [-0.25, -0.2) is 8.42 Å². The third-order valence-electron chi connectivity index (χ3n) is 4.97. The van der Waals surface area contributed by atoms with Gasteiger partial charge in [0.2, 0.25) is 15.9 Å². The van der Waals surface area contributed by atoms with E-state index < -0.39 is 15.6 Å². The third kappa shape index (κ3) is 5.00. The Bertz CT molecular complexity index is 1160. The summed E-state index contributed by atoms with van der Waals surface area (Å²) in [4.78, 5) is 12.5. The largest absolute Gasteiger partial charge is 0.493 e. The van der Waals surface area contributed by atoms with E-state index in [1.807, 2.05) is 13.0 Å². The van der Waals surface area contributed by atoms with Gasteiger partial charge in [0.05, 0.1) is 10.6 Å². The van der Waals surface area contributed by atoms with Gasteiger partial charge in [-0.1, -0.05) is 27.2 Å². The monoisotopic (exact) mass is 445 g/mol. The molecule has 0 atom stereocenters. The average Bonchev–Trinajstić information content (AvgIpc) is 2.76. The van der Waals surface area contributed by atoms with Crippen LogP contribution in [0.2, 0.25) is 0 Å². The average molecular weight is 446 g/mol. The molecule has 1 aromatic heterocycles. The molecule has 9 nitrogen and oxygen atoms in total. The van der Waals surface area contributed by atoms with Crippen molar-refractivity contribution in [1.82, 2.24) is 8.87 Å². The zero-order valence-electron chi connectivity index (χ0n) is 18.2. The van der Waals surface area contributed by atoms with E-state index in [1.165, 1.54) is 35.6 Å². The summed E-state index contributed by atoms with van der Waals surface area (Å²) in [5.74, 6) is -0.375. The number of azo groups is 1. The molecule has 31 heavy (non-hydrogen) atoms. The van der Waals surface area contributed by atoms with E-state index in [0.29, 0.717) is 37.2 Å². The highest BCUT2D eigenvalue weighted by atomic mass is 32.2. The fourth-order valence-corrected chi connectivity index (χ4v) is 4.59. The van der Waals surface area contributed by atoms with E-state index in [-0.39, 0.29) is 22.0 Å². The van der Waals surface area contributed by atoms with Gasteiger partial charge in [0.25, 0.3) is 5.56 Å². The second-order valence-electron chi connectivity index (χ2n) is 6.89. The Morgan fingerprint density at radius 3 is 2.26 bits per heavy atom. The predicted octanol–water partition coefficient (Wildman–Crippen LogP) is 3.75. The number of pyridine rings is 1. The minimum absolute atomic E-state index is 0.0620. The van der Waals surface area contributed by atoms with Gasteiger partial charge in [-0.3, -0.25) is 9.36 Å². The van der Waals surface area contributed by atoms with Crippen molar-refractivity contribution in [3.8, 4) is 11.9 Å². The molecule has 166 valence electrons. The molecular weight excluding hydrogens is 418 g/mol. The lowest BCUT2D eigenvalue weighted by Gasteiger charge is -2.18. The molecule has 0 unspecified atom stereocenters. The first-order chi connectivity index (χ1) is 14.7. The lowest BCUT2D eigenvalue weighted by Crippen LogP contribution is -2.30. The zero-order chi connectivity index (χ0) is 23.2. The molecule has 0 spiro atoms. The van der Waals surface area contributed by atoms with Crippen LogP contribution in [0.1, 0.15) is 44.7 Å². The molecule has 0 radical (unpaired) electrons. The smallest absolute Gasteiger partial charge is 0.271 e. The lowest BCUT2D eigenvalue weighted by molar-refractivity contribution is 0.423. The van der Waals surface area contributed by atoms with Gasteiger partial charge in [-0.15, -0.1) is 5.11 Å². The minimum Gasteiger partial charge on any atom is -0.493 e. The van der Waals surface area contributed by atoms with Crippen LogP contribution in [0, 0.1) is 11.3 Å². The van der Waals surface area contributed by atoms with Crippen LogP contribution >= 0.6 is 0 Å². The fraction of sp³-hybridized carbons (Fsp3) is 0.429. The standard InChI is InChI=1S/C21H27N5O4S/c1-5-8-9-17-18(14-22)20(27)25(4)21(28)19(17)24-23-15-10-12-16(13-11-15)31(29,30)26(6-2)7-3/h10-13,28H,5-9H2,1-4H3/b24-23+. The van der Waals surface area contributed by atoms with Crippen LogP contribution < -0.4 is 5.56 Å². The molecule has 10 heteroatoms. The summed E-state index contributed by atoms with van der Waals surface area (Å²) in [5, 5.41) is 28.1. The number of nitriles is 1. The topological polar surface area (TPSA) is 128 Å². The SMILES string of the molecule is CCCCc1c(/N=N/c2ccc(S(=O)(=O)N(CC)CC)cc2)c(O)n(C)c(=O)c1C#N. The van der Waals surface area contributed by atoms with Crippen LogP contribution in [0.15, 0.2) is 44.2 Å². The Hall–Kier alpha value is -3.03. The van der Waals surface area contributed by atoms with E-state index in [2.05, 4.69) is 10.2 Å². The molecule has 0 fully saturated rings. The highest BCUT2D eigenvalue weighted by Gasteiger charge is 2.22. The number of unbranched alkanes of at least 4 members (excludes halogenated alkanes) is 1. The maximum Gasteiger partial charge on any atom is 0.271 e. The van der Waals surface area contributed by atoms with Gasteiger partial charge in [-0.2, -0.15) is 14.7 Å². The normalized spacial score (nSPS) is 11.9. The molecule has 0 aliphatic rings. The van der Waals surface area contributed by atoms with Crippen LogP contribution in [0.5, 0.6) is 5.88 Å². The summed E-state index contributed by atoms with van der Waals surface area (Å²) in [5.41, 5.74) is 0.132. The fourth-order valence-electron chi connectivity index (χ4n) is 3.13. The first kappa shape index (κ1) is 24.2. The second kappa shape index (κ2) is 10.3. The van der Waals surface area contributed by atoms with Crippen molar-refractivity contribution >= 4 is 21.4 Å². The Kier molecular flexibility index (Phi) is 8.08. The van der Waals surface area contributed by atoms with Crippen LogP contribution in [-0.2, 0) is 23.5 Å². The van der Waals surface area contributed by atoms with Gasteiger partial charge >= 0.3 is 0 Å². The Morgan fingerprint density at radius 2 is 1.74 bits per heavy atom. The highest BCUT2D eigenvalue weighted by Crippen LogP contribution is 2.33. The number of sulfonamides is 1. The molecule has 1 heterocycles. The van der Waals surface area contributed by atoms with Crippen molar-refractivity contribution in [2.45, 2.75) is 44.9 Å². The van der Waals surface area contributed by atoms with Gasteiger partial charge in [0.1, 0.15) is 11.6 Å². The van der Waals surface area contributed by atoms with Crippen LogP contribution in [0.3, 0.4) is 0 Å². The lowest BCUT2D eigenvalue weighted by atomic mass is 10.0. The summed E-state index contributed by atoms with van der Waals surface area (Å²) in [6.45, 7) is 6.26. The van der Waals surface area contributed by atoms with Crippen molar-refractivity contribution < 1.29 is 13.5 Å². The molecule has 0 saturated heterocycles. The molecule has 2 aromatic rings. The van der Waals surface area contributed by atoms with Crippen LogP contribution in [-0.4, -0.2) is 35.5 Å². The Balaban J connectivity index is 2.47. The van der Waals surface area contributed by atoms with E-state index in [1.54, 1.807) is 13.8 Å². The summed E-state index contributed by atoms with van der Waals surface area (Å²) in [7, 11) is -2.23. The summed E-state index contributed by atoms with van der Waals surface area (Å²) < 4.78 is 27.5. The zero-order valence-corrected chi connectivity index (χ0v) is 19.0. The summed E-state index contributed by atoms with van der Waals surface area (Å²) in [6.07, 6.45) is 1.94. The molecular formula is C21H27N5O4S. The number of rotatable bonds is 9. The van der Waals surface area contributed by atoms with E-state index in [4.69, 9.17) is 0 Å². The van der Waals surface area contributed by atoms with E-state index >= 15 is 0 Å². The number of aromatic hydroxyl groups is 1. The molecule has 1 aromatic carbocycles. The maximum absolute atomic E-state index is 12.6. The van der Waals surface area contributed by atoms with Gasteiger partial charge in [-0.05, 0) is 37.1 Å². The highest BCUT2D eigenvalue weighted by molar-refractivity contribution is 7.89. The molecule has 0 aliphatic carbocycles. The van der Waals surface area contributed by atoms with Crippen molar-refractivity contribution in [1.29, 1.82) is 5.26 Å². The molecule has 0 amide bonds. The van der Waals surface area contributed by atoms with Gasteiger partial charge < -0.3 is 5.11 Å². The predicted molar refractivity (Wildman–Crippen MR) is 117 cm³/mol. The minimum atomic E-state index is -3.58.